The molecule has 2 aliphatic rings. The number of anilines is 1. The van der Waals surface area contributed by atoms with Crippen LogP contribution in [0.2, 0.25) is 0 Å². The summed E-state index contributed by atoms with van der Waals surface area (Å²) in [4.78, 5) is 2.48. The average molecular weight is 288 g/mol. The third-order valence-corrected chi connectivity index (χ3v) is 4.63. The van der Waals surface area contributed by atoms with Crippen LogP contribution in [-0.2, 0) is 11.3 Å². The molecule has 1 atom stereocenters. The summed E-state index contributed by atoms with van der Waals surface area (Å²) < 4.78 is 5.81. The topological polar surface area (TPSA) is 24.5 Å². The van der Waals surface area contributed by atoms with Crippen LogP contribution in [0.1, 0.15) is 43.7 Å². The summed E-state index contributed by atoms with van der Waals surface area (Å²) in [6, 6.07) is 7.70. The Bertz CT molecular complexity index is 468. The Kier molecular flexibility index (Phi) is 4.81. The first-order valence-corrected chi connectivity index (χ1v) is 8.45. The van der Waals surface area contributed by atoms with Gasteiger partial charge in [-0.3, -0.25) is 0 Å². The minimum absolute atomic E-state index is 0.403. The highest BCUT2D eigenvalue weighted by molar-refractivity contribution is 5.51. The van der Waals surface area contributed by atoms with E-state index >= 15 is 0 Å². The molecule has 1 saturated heterocycles. The van der Waals surface area contributed by atoms with Gasteiger partial charge >= 0.3 is 0 Å². The van der Waals surface area contributed by atoms with Crippen molar-refractivity contribution in [2.45, 2.75) is 58.2 Å². The van der Waals surface area contributed by atoms with E-state index in [0.29, 0.717) is 6.10 Å². The molecule has 0 spiro atoms. The zero-order valence-corrected chi connectivity index (χ0v) is 13.4. The van der Waals surface area contributed by atoms with Gasteiger partial charge in [0, 0.05) is 38.0 Å². The third-order valence-electron chi connectivity index (χ3n) is 4.63. The van der Waals surface area contributed by atoms with E-state index in [1.165, 1.54) is 42.5 Å². The number of nitrogens with zero attached hydrogens (tertiary/aromatic N) is 1. The van der Waals surface area contributed by atoms with Crippen molar-refractivity contribution in [3.8, 4) is 0 Å². The summed E-state index contributed by atoms with van der Waals surface area (Å²) in [6.45, 7) is 8.35. The number of hydrogen-bond donors (Lipinski definition) is 1. The monoisotopic (exact) mass is 288 g/mol. The van der Waals surface area contributed by atoms with Crippen molar-refractivity contribution in [2.75, 3.05) is 24.6 Å². The number of benzene rings is 1. The molecule has 116 valence electrons. The number of piperidine rings is 1. The predicted octanol–water partition coefficient (Wildman–Crippen LogP) is 3.25. The van der Waals surface area contributed by atoms with E-state index in [9.17, 15) is 0 Å². The summed E-state index contributed by atoms with van der Waals surface area (Å²) in [5.74, 6) is 0. The SMILES string of the molecule is CCOC1CCCN(c2ccc(CNC3CC3)c(C)c2)C1. The molecule has 1 N–H and O–H groups in total. The summed E-state index contributed by atoms with van der Waals surface area (Å²) >= 11 is 0. The van der Waals surface area contributed by atoms with Crippen molar-refractivity contribution in [3.05, 3.63) is 29.3 Å². The molecule has 21 heavy (non-hydrogen) atoms. The molecular weight excluding hydrogens is 260 g/mol. The number of ether oxygens (including phenoxy) is 1. The zero-order chi connectivity index (χ0) is 14.7. The van der Waals surface area contributed by atoms with Crippen molar-refractivity contribution < 1.29 is 4.74 Å². The largest absolute Gasteiger partial charge is 0.377 e. The number of rotatable bonds is 6. The number of hydrogen-bond acceptors (Lipinski definition) is 3. The van der Waals surface area contributed by atoms with E-state index in [-0.39, 0.29) is 0 Å². The van der Waals surface area contributed by atoms with Gasteiger partial charge in [0.1, 0.15) is 0 Å². The highest BCUT2D eigenvalue weighted by Crippen LogP contribution is 2.25. The normalized spacial score (nSPS) is 22.6. The van der Waals surface area contributed by atoms with Crippen LogP contribution < -0.4 is 10.2 Å². The molecule has 1 heterocycles. The summed E-state index contributed by atoms with van der Waals surface area (Å²) in [6.07, 6.45) is 5.54. The Balaban J connectivity index is 1.62. The maximum absolute atomic E-state index is 5.81. The van der Waals surface area contributed by atoms with Gasteiger partial charge in [0.2, 0.25) is 0 Å². The summed E-state index contributed by atoms with van der Waals surface area (Å²) in [5.41, 5.74) is 4.19. The second kappa shape index (κ2) is 6.80. The van der Waals surface area contributed by atoms with E-state index in [1.54, 1.807) is 0 Å². The first kappa shape index (κ1) is 14.9. The van der Waals surface area contributed by atoms with Gasteiger partial charge in [-0.2, -0.15) is 0 Å². The van der Waals surface area contributed by atoms with E-state index in [1.807, 2.05) is 0 Å². The van der Waals surface area contributed by atoms with Gasteiger partial charge in [-0.1, -0.05) is 6.07 Å². The molecule has 1 aliphatic carbocycles. The number of nitrogens with one attached hydrogen (secondary N) is 1. The van der Waals surface area contributed by atoms with Gasteiger partial charge in [0.25, 0.3) is 0 Å². The molecule has 1 aromatic carbocycles. The van der Waals surface area contributed by atoms with Gasteiger partial charge in [-0.15, -0.1) is 0 Å². The molecule has 1 aliphatic heterocycles. The molecule has 0 radical (unpaired) electrons. The van der Waals surface area contributed by atoms with Gasteiger partial charge in [-0.25, -0.2) is 0 Å². The van der Waals surface area contributed by atoms with Crippen LogP contribution in [0.15, 0.2) is 18.2 Å². The molecule has 1 unspecified atom stereocenters. The molecule has 0 bridgehead atoms. The molecular formula is C18H28N2O. The molecule has 3 nitrogen and oxygen atoms in total. The molecule has 0 aromatic heterocycles. The van der Waals surface area contributed by atoms with Crippen LogP contribution in [0.3, 0.4) is 0 Å². The Labute approximate surface area is 128 Å². The molecule has 2 fully saturated rings. The Hall–Kier alpha value is -1.06. The lowest BCUT2D eigenvalue weighted by Crippen LogP contribution is -2.39. The molecule has 1 aromatic rings. The summed E-state index contributed by atoms with van der Waals surface area (Å²) in [5, 5.41) is 3.60. The fraction of sp³-hybridized carbons (Fsp3) is 0.667. The molecule has 3 heteroatoms. The van der Waals surface area contributed by atoms with Gasteiger partial charge in [0.05, 0.1) is 6.10 Å². The molecule has 0 amide bonds. The lowest BCUT2D eigenvalue weighted by molar-refractivity contribution is 0.0527. The van der Waals surface area contributed by atoms with Crippen molar-refractivity contribution in [1.29, 1.82) is 0 Å². The molecule has 1 saturated carbocycles. The second-order valence-electron chi connectivity index (χ2n) is 6.43. The first-order chi connectivity index (χ1) is 10.3. The molecule has 3 rings (SSSR count). The van der Waals surface area contributed by atoms with Crippen molar-refractivity contribution in [3.63, 3.8) is 0 Å². The highest BCUT2D eigenvalue weighted by atomic mass is 16.5. The zero-order valence-electron chi connectivity index (χ0n) is 13.4. The van der Waals surface area contributed by atoms with Gasteiger partial charge in [0.15, 0.2) is 0 Å². The van der Waals surface area contributed by atoms with Crippen LogP contribution in [0.25, 0.3) is 0 Å². The third kappa shape index (κ3) is 3.98. The number of aryl methyl sites for hydroxylation is 1. The summed E-state index contributed by atoms with van der Waals surface area (Å²) in [7, 11) is 0. The highest BCUT2D eigenvalue weighted by Gasteiger charge is 2.22. The smallest absolute Gasteiger partial charge is 0.0750 e. The van der Waals surface area contributed by atoms with Crippen molar-refractivity contribution in [2.24, 2.45) is 0 Å². The van der Waals surface area contributed by atoms with Crippen LogP contribution in [0.5, 0.6) is 0 Å². The lowest BCUT2D eigenvalue weighted by atomic mass is 10.0. The predicted molar refractivity (Wildman–Crippen MR) is 87.9 cm³/mol. The van der Waals surface area contributed by atoms with E-state index in [0.717, 1.165) is 32.3 Å². The quantitative estimate of drug-likeness (QED) is 0.869. The average Bonchev–Trinajstić information content (AvgIpc) is 3.31. The minimum atomic E-state index is 0.403. The van der Waals surface area contributed by atoms with Crippen LogP contribution in [-0.4, -0.2) is 31.8 Å². The van der Waals surface area contributed by atoms with E-state index < -0.39 is 0 Å². The fourth-order valence-corrected chi connectivity index (χ4v) is 3.16. The maximum Gasteiger partial charge on any atom is 0.0750 e. The van der Waals surface area contributed by atoms with Crippen LogP contribution >= 0.6 is 0 Å². The first-order valence-electron chi connectivity index (χ1n) is 8.45. The minimum Gasteiger partial charge on any atom is -0.377 e. The van der Waals surface area contributed by atoms with Crippen molar-refractivity contribution >= 4 is 5.69 Å². The fourth-order valence-electron chi connectivity index (χ4n) is 3.16. The van der Waals surface area contributed by atoms with Crippen LogP contribution in [0, 0.1) is 6.92 Å². The van der Waals surface area contributed by atoms with Gasteiger partial charge < -0.3 is 15.0 Å². The Morgan fingerprint density at radius 3 is 2.86 bits per heavy atom. The van der Waals surface area contributed by atoms with E-state index in [2.05, 4.69) is 42.3 Å². The van der Waals surface area contributed by atoms with Crippen molar-refractivity contribution in [1.82, 2.24) is 5.32 Å². The second-order valence-corrected chi connectivity index (χ2v) is 6.43. The van der Waals surface area contributed by atoms with Crippen LogP contribution in [0.4, 0.5) is 5.69 Å². The van der Waals surface area contributed by atoms with E-state index in [4.69, 9.17) is 4.74 Å². The Morgan fingerprint density at radius 1 is 1.29 bits per heavy atom. The lowest BCUT2D eigenvalue weighted by Gasteiger charge is -2.34. The maximum atomic E-state index is 5.81. The standard InChI is InChI=1S/C18H28N2O/c1-3-21-18-5-4-10-20(13-18)17-9-6-15(14(2)11-17)12-19-16-7-8-16/h6,9,11,16,18-19H,3-5,7-8,10,12-13H2,1-2H3. The van der Waals surface area contributed by atoms with Gasteiger partial charge in [-0.05, 0) is 62.8 Å². The Morgan fingerprint density at radius 2 is 2.14 bits per heavy atom.